The van der Waals surface area contributed by atoms with Gasteiger partial charge in [0, 0.05) is 38.2 Å². The van der Waals surface area contributed by atoms with Crippen molar-refractivity contribution in [2.75, 3.05) is 24.2 Å². The van der Waals surface area contributed by atoms with Gasteiger partial charge in [-0.2, -0.15) is 0 Å². The minimum Gasteiger partial charge on any atom is -0.347 e. The van der Waals surface area contributed by atoms with Crippen LogP contribution in [0, 0.1) is 17.2 Å². The number of benzene rings is 1. The standard InChI is InChI=1S/C25H31F3N4O2S/c1-24(27,28)18-5-3-17(4-6-18)15-32(20-7-8-20)23-22(26)21(29-16-30-23)13-19-14-25(19)9-11-31(12-10-25)35(2,33)34/h3-6,16,19-20H,7-15H2,1-2H3. The van der Waals surface area contributed by atoms with E-state index in [4.69, 9.17) is 0 Å². The number of aromatic nitrogens is 2. The second kappa shape index (κ2) is 8.73. The Morgan fingerprint density at radius 1 is 1.14 bits per heavy atom. The van der Waals surface area contributed by atoms with Crippen molar-refractivity contribution >= 4 is 15.8 Å². The number of rotatable bonds is 8. The smallest absolute Gasteiger partial charge is 0.270 e. The minimum atomic E-state index is -3.17. The van der Waals surface area contributed by atoms with E-state index in [2.05, 4.69) is 9.97 Å². The van der Waals surface area contributed by atoms with Crippen molar-refractivity contribution in [1.82, 2.24) is 14.3 Å². The molecule has 1 aromatic heterocycles. The van der Waals surface area contributed by atoms with Crippen LogP contribution in [0.4, 0.5) is 19.0 Å². The average molecular weight is 509 g/mol. The first kappa shape index (κ1) is 24.5. The van der Waals surface area contributed by atoms with Gasteiger partial charge in [-0.25, -0.2) is 35.9 Å². The Morgan fingerprint density at radius 2 is 1.80 bits per heavy atom. The molecule has 1 aromatic carbocycles. The summed E-state index contributed by atoms with van der Waals surface area (Å²) in [5, 5.41) is 0. The van der Waals surface area contributed by atoms with Crippen molar-refractivity contribution in [3.8, 4) is 0 Å². The molecule has 0 radical (unpaired) electrons. The Morgan fingerprint density at radius 3 is 2.37 bits per heavy atom. The Balaban J connectivity index is 1.29. The first-order valence-electron chi connectivity index (χ1n) is 12.1. The topological polar surface area (TPSA) is 66.4 Å². The number of halogens is 3. The first-order chi connectivity index (χ1) is 16.5. The average Bonchev–Trinajstić information content (AvgIpc) is 3.72. The van der Waals surface area contributed by atoms with Crippen molar-refractivity contribution in [2.24, 2.45) is 11.3 Å². The van der Waals surface area contributed by atoms with Gasteiger partial charge in [0.1, 0.15) is 6.33 Å². The molecule has 6 nitrogen and oxygen atoms in total. The van der Waals surface area contributed by atoms with Crippen molar-refractivity contribution in [2.45, 2.75) is 64.0 Å². The fourth-order valence-corrected chi connectivity index (χ4v) is 6.28. The highest BCUT2D eigenvalue weighted by molar-refractivity contribution is 7.88. The second-order valence-corrected chi connectivity index (χ2v) is 12.5. The van der Waals surface area contributed by atoms with Crippen LogP contribution in [-0.2, 0) is 28.9 Å². The third kappa shape index (κ3) is 5.18. The molecule has 2 heterocycles. The maximum Gasteiger partial charge on any atom is 0.270 e. The molecule has 0 N–H and O–H groups in total. The van der Waals surface area contributed by atoms with E-state index in [0.29, 0.717) is 37.7 Å². The zero-order valence-electron chi connectivity index (χ0n) is 20.1. The summed E-state index contributed by atoms with van der Waals surface area (Å²) >= 11 is 0. The lowest BCUT2D eigenvalue weighted by molar-refractivity contribution is 0.0174. The van der Waals surface area contributed by atoms with Crippen LogP contribution in [0.5, 0.6) is 0 Å². The zero-order valence-corrected chi connectivity index (χ0v) is 20.9. The van der Waals surface area contributed by atoms with E-state index in [1.54, 1.807) is 12.1 Å². The third-order valence-corrected chi connectivity index (χ3v) is 9.21. The molecule has 2 aliphatic carbocycles. The predicted molar refractivity (Wildman–Crippen MR) is 127 cm³/mol. The van der Waals surface area contributed by atoms with Gasteiger partial charge in [-0.1, -0.05) is 24.3 Å². The lowest BCUT2D eigenvalue weighted by atomic mass is 9.90. The number of nitrogens with zero attached hydrogens (tertiary/aromatic N) is 4. The SMILES string of the molecule is CC(F)(F)c1ccc(CN(c2ncnc(CC3CC34CCN(S(C)(=O)=O)CC4)c2F)C2CC2)cc1. The normalized spacial score (nSPS) is 22.4. The van der Waals surface area contributed by atoms with Gasteiger partial charge in [0.15, 0.2) is 11.6 Å². The second-order valence-electron chi connectivity index (χ2n) is 10.5. The molecular weight excluding hydrogens is 477 g/mol. The summed E-state index contributed by atoms with van der Waals surface area (Å²) in [6.07, 6.45) is 7.59. The molecule has 0 bridgehead atoms. The van der Waals surface area contributed by atoms with Crippen molar-refractivity contribution in [3.63, 3.8) is 0 Å². The molecule has 35 heavy (non-hydrogen) atoms. The molecule has 1 atom stereocenters. The highest BCUT2D eigenvalue weighted by Gasteiger charge is 2.55. The van der Waals surface area contributed by atoms with Crippen LogP contribution in [-0.4, -0.2) is 48.1 Å². The van der Waals surface area contributed by atoms with Crippen LogP contribution in [0.25, 0.3) is 0 Å². The van der Waals surface area contributed by atoms with E-state index >= 15 is 4.39 Å². The van der Waals surface area contributed by atoms with Gasteiger partial charge in [-0.15, -0.1) is 0 Å². The third-order valence-electron chi connectivity index (χ3n) is 7.90. The summed E-state index contributed by atoms with van der Waals surface area (Å²) in [5.74, 6) is -2.75. The van der Waals surface area contributed by atoms with Gasteiger partial charge in [-0.05, 0) is 55.4 Å². The monoisotopic (exact) mass is 508 g/mol. The molecule has 190 valence electrons. The van der Waals surface area contributed by atoms with Crippen LogP contribution >= 0.6 is 0 Å². The van der Waals surface area contributed by atoms with Crippen molar-refractivity contribution in [3.05, 3.63) is 53.2 Å². The molecule has 5 rings (SSSR count). The number of hydrogen-bond acceptors (Lipinski definition) is 5. The number of hydrogen-bond donors (Lipinski definition) is 0. The van der Waals surface area contributed by atoms with Gasteiger partial charge in [-0.3, -0.25) is 0 Å². The first-order valence-corrected chi connectivity index (χ1v) is 14.0. The van der Waals surface area contributed by atoms with Gasteiger partial charge in [0.25, 0.3) is 5.92 Å². The molecule has 1 saturated heterocycles. The maximum atomic E-state index is 15.6. The molecule has 2 aromatic rings. The van der Waals surface area contributed by atoms with Crippen LogP contribution < -0.4 is 4.90 Å². The summed E-state index contributed by atoms with van der Waals surface area (Å²) in [5.41, 5.74) is 1.26. The number of anilines is 1. The van der Waals surface area contributed by atoms with Gasteiger partial charge in [0.05, 0.1) is 11.9 Å². The highest BCUT2D eigenvalue weighted by atomic mass is 32.2. The number of piperidine rings is 1. The van der Waals surface area contributed by atoms with E-state index in [9.17, 15) is 17.2 Å². The summed E-state index contributed by atoms with van der Waals surface area (Å²) < 4.78 is 67.9. The van der Waals surface area contributed by atoms with E-state index in [-0.39, 0.29) is 22.8 Å². The number of sulfonamides is 1. The molecule has 2 saturated carbocycles. The minimum absolute atomic E-state index is 0.0459. The van der Waals surface area contributed by atoms with E-state index in [0.717, 1.165) is 44.6 Å². The van der Waals surface area contributed by atoms with E-state index in [1.165, 1.54) is 29.0 Å². The predicted octanol–water partition coefficient (Wildman–Crippen LogP) is 4.50. The molecule has 3 aliphatic rings. The highest BCUT2D eigenvalue weighted by Crippen LogP contribution is 2.60. The fraction of sp³-hybridized carbons (Fsp3) is 0.600. The summed E-state index contributed by atoms with van der Waals surface area (Å²) in [4.78, 5) is 10.4. The van der Waals surface area contributed by atoms with Crippen molar-refractivity contribution in [1.29, 1.82) is 0 Å². The fourth-order valence-electron chi connectivity index (χ4n) is 5.43. The summed E-state index contributed by atoms with van der Waals surface area (Å²) in [6.45, 7) is 2.30. The van der Waals surface area contributed by atoms with Crippen LogP contribution in [0.1, 0.15) is 55.8 Å². The quantitative estimate of drug-likeness (QED) is 0.525. The van der Waals surface area contributed by atoms with Crippen LogP contribution in [0.15, 0.2) is 30.6 Å². The molecule has 0 amide bonds. The molecule has 1 unspecified atom stereocenters. The lowest BCUT2D eigenvalue weighted by Crippen LogP contribution is -2.39. The van der Waals surface area contributed by atoms with Gasteiger partial charge < -0.3 is 4.90 Å². The maximum absolute atomic E-state index is 15.6. The summed E-state index contributed by atoms with van der Waals surface area (Å²) in [6, 6.07) is 6.35. The van der Waals surface area contributed by atoms with E-state index < -0.39 is 21.8 Å². The van der Waals surface area contributed by atoms with Crippen LogP contribution in [0.3, 0.4) is 0 Å². The molecule has 10 heteroatoms. The zero-order chi connectivity index (χ0) is 25.0. The van der Waals surface area contributed by atoms with Crippen molar-refractivity contribution < 1.29 is 21.6 Å². The lowest BCUT2D eigenvalue weighted by Gasteiger charge is -2.31. The molecule has 3 fully saturated rings. The van der Waals surface area contributed by atoms with Crippen LogP contribution in [0.2, 0.25) is 0 Å². The molecular formula is C25H31F3N4O2S. The van der Waals surface area contributed by atoms with E-state index in [1.807, 2.05) is 4.90 Å². The molecule has 1 aliphatic heterocycles. The van der Waals surface area contributed by atoms with Gasteiger partial charge >= 0.3 is 0 Å². The Kier molecular flexibility index (Phi) is 6.11. The Labute approximate surface area is 204 Å². The largest absolute Gasteiger partial charge is 0.347 e. The Hall–Kier alpha value is -2.20. The molecule has 1 spiro atoms. The summed E-state index contributed by atoms with van der Waals surface area (Å²) in [7, 11) is -3.17. The Bertz CT molecular complexity index is 1190. The number of alkyl halides is 2. The van der Waals surface area contributed by atoms with Gasteiger partial charge in [0.2, 0.25) is 10.0 Å².